The van der Waals surface area contributed by atoms with Crippen molar-refractivity contribution in [2.45, 2.75) is 12.8 Å². The minimum absolute atomic E-state index is 0.195. The maximum Gasteiger partial charge on any atom is 0.214 e. The lowest BCUT2D eigenvalue weighted by atomic mass is 9.90. The highest BCUT2D eigenvalue weighted by atomic mass is 16.6. The lowest BCUT2D eigenvalue weighted by Gasteiger charge is -2.16. The lowest BCUT2D eigenvalue weighted by molar-refractivity contribution is -0.481. The van der Waals surface area contributed by atoms with Crippen molar-refractivity contribution in [3.8, 4) is 11.5 Å². The Kier molecular flexibility index (Phi) is 4.88. The minimum Gasteiger partial charge on any atom is -0.493 e. The smallest absolute Gasteiger partial charge is 0.214 e. The van der Waals surface area contributed by atoms with Crippen LogP contribution < -0.4 is 9.47 Å². The second kappa shape index (κ2) is 7.25. The molecule has 0 aliphatic carbocycles. The minimum atomic E-state index is -0.379. The Morgan fingerprint density at radius 2 is 2.00 bits per heavy atom. The standard InChI is InChI=1S/C19H20N2O4/c1-3-25-18-9-8-13(10-19(18)24-2)16(12-21(22)23)15-11-20-17-7-5-4-6-14(15)17/h4-11,16,20H,3,12H2,1-2H3/t16-/m1/s1. The summed E-state index contributed by atoms with van der Waals surface area (Å²) in [5, 5.41) is 12.3. The molecule has 2 aromatic carbocycles. The van der Waals surface area contributed by atoms with Gasteiger partial charge in [-0.3, -0.25) is 10.1 Å². The van der Waals surface area contributed by atoms with Gasteiger partial charge >= 0.3 is 0 Å². The second-order valence-corrected chi connectivity index (χ2v) is 5.70. The molecule has 6 heteroatoms. The Bertz CT molecular complexity index is 888. The first-order chi connectivity index (χ1) is 12.1. The van der Waals surface area contributed by atoms with E-state index in [1.165, 1.54) is 0 Å². The van der Waals surface area contributed by atoms with Gasteiger partial charge in [-0.05, 0) is 36.2 Å². The van der Waals surface area contributed by atoms with Crippen LogP contribution in [0.5, 0.6) is 11.5 Å². The number of methoxy groups -OCH3 is 1. The molecule has 0 unspecified atom stereocenters. The maximum atomic E-state index is 11.3. The Morgan fingerprint density at radius 3 is 2.72 bits per heavy atom. The third kappa shape index (κ3) is 3.42. The quantitative estimate of drug-likeness (QED) is 0.521. The number of benzene rings is 2. The van der Waals surface area contributed by atoms with Gasteiger partial charge in [0.1, 0.15) is 0 Å². The van der Waals surface area contributed by atoms with E-state index in [9.17, 15) is 10.1 Å². The van der Waals surface area contributed by atoms with Gasteiger partial charge in [0.05, 0.1) is 19.6 Å². The number of fused-ring (bicyclic) bond motifs is 1. The van der Waals surface area contributed by atoms with Crippen molar-refractivity contribution in [1.82, 2.24) is 4.98 Å². The van der Waals surface area contributed by atoms with Gasteiger partial charge < -0.3 is 14.5 Å². The molecule has 0 aliphatic heterocycles. The summed E-state index contributed by atoms with van der Waals surface area (Å²) in [5.41, 5.74) is 2.68. The van der Waals surface area contributed by atoms with Crippen LogP contribution in [0.4, 0.5) is 0 Å². The highest BCUT2D eigenvalue weighted by Gasteiger charge is 2.24. The molecule has 1 N–H and O–H groups in total. The molecule has 1 aromatic heterocycles. The van der Waals surface area contributed by atoms with Gasteiger partial charge in [0, 0.05) is 22.0 Å². The molecule has 0 amide bonds. The molecule has 3 rings (SSSR count). The van der Waals surface area contributed by atoms with Gasteiger partial charge in [0.2, 0.25) is 6.54 Å². The fourth-order valence-electron chi connectivity index (χ4n) is 3.09. The Labute approximate surface area is 145 Å². The molecule has 0 saturated heterocycles. The van der Waals surface area contributed by atoms with Crippen LogP contribution >= 0.6 is 0 Å². The first-order valence-corrected chi connectivity index (χ1v) is 8.12. The van der Waals surface area contributed by atoms with E-state index in [-0.39, 0.29) is 17.4 Å². The molecule has 1 atom stereocenters. The fraction of sp³-hybridized carbons (Fsp3) is 0.263. The van der Waals surface area contributed by atoms with Gasteiger partial charge in [0.25, 0.3) is 0 Å². The van der Waals surface area contributed by atoms with Crippen LogP contribution in [0, 0.1) is 10.1 Å². The molecular formula is C19H20N2O4. The van der Waals surface area contributed by atoms with E-state index < -0.39 is 0 Å². The SMILES string of the molecule is CCOc1ccc([C@@H](C[N+](=O)[O-])c2c[nH]c3ccccc23)cc1OC. The fourth-order valence-corrected chi connectivity index (χ4v) is 3.09. The number of ether oxygens (including phenoxy) is 2. The van der Waals surface area contributed by atoms with E-state index >= 15 is 0 Å². The third-order valence-corrected chi connectivity index (χ3v) is 4.22. The summed E-state index contributed by atoms with van der Waals surface area (Å²) in [6, 6.07) is 13.3. The number of rotatable bonds is 7. The predicted molar refractivity (Wildman–Crippen MR) is 96.2 cm³/mol. The highest BCUT2D eigenvalue weighted by molar-refractivity contribution is 5.84. The van der Waals surface area contributed by atoms with Gasteiger partial charge in [0.15, 0.2) is 11.5 Å². The van der Waals surface area contributed by atoms with Crippen molar-refractivity contribution in [3.05, 3.63) is 69.9 Å². The Balaban J connectivity index is 2.08. The van der Waals surface area contributed by atoms with Crippen LogP contribution in [0.1, 0.15) is 24.0 Å². The average Bonchev–Trinajstić information content (AvgIpc) is 3.04. The normalized spacial score (nSPS) is 12.1. The van der Waals surface area contributed by atoms with Crippen molar-refractivity contribution >= 4 is 10.9 Å². The maximum absolute atomic E-state index is 11.3. The molecule has 0 fully saturated rings. The Hall–Kier alpha value is -3.02. The van der Waals surface area contributed by atoms with Crippen LogP contribution in [0.2, 0.25) is 0 Å². The summed E-state index contributed by atoms with van der Waals surface area (Å²) < 4.78 is 10.9. The summed E-state index contributed by atoms with van der Waals surface area (Å²) in [6.45, 7) is 2.23. The topological polar surface area (TPSA) is 77.4 Å². The number of H-pyrrole nitrogens is 1. The predicted octanol–water partition coefficient (Wildman–Crippen LogP) is 3.98. The van der Waals surface area contributed by atoms with Crippen LogP contribution in [0.25, 0.3) is 10.9 Å². The first kappa shape index (κ1) is 16.8. The molecule has 0 saturated carbocycles. The summed E-state index contributed by atoms with van der Waals surface area (Å²) in [7, 11) is 1.57. The van der Waals surface area contributed by atoms with E-state index in [4.69, 9.17) is 9.47 Å². The van der Waals surface area contributed by atoms with Crippen molar-refractivity contribution in [2.24, 2.45) is 0 Å². The van der Waals surface area contributed by atoms with Crippen molar-refractivity contribution in [1.29, 1.82) is 0 Å². The molecule has 1 heterocycles. The van der Waals surface area contributed by atoms with E-state index in [0.717, 1.165) is 22.0 Å². The zero-order chi connectivity index (χ0) is 17.8. The molecule has 25 heavy (non-hydrogen) atoms. The summed E-state index contributed by atoms with van der Waals surface area (Å²) in [6.07, 6.45) is 1.85. The number of aromatic amines is 1. The molecule has 0 aliphatic rings. The number of hydrogen-bond donors (Lipinski definition) is 1. The second-order valence-electron chi connectivity index (χ2n) is 5.70. The van der Waals surface area contributed by atoms with Crippen LogP contribution in [0.3, 0.4) is 0 Å². The van der Waals surface area contributed by atoms with E-state index in [1.807, 2.05) is 49.5 Å². The van der Waals surface area contributed by atoms with Crippen LogP contribution in [0.15, 0.2) is 48.7 Å². The number of nitro groups is 1. The molecule has 3 aromatic rings. The number of para-hydroxylation sites is 1. The summed E-state index contributed by atoms with van der Waals surface area (Å²) >= 11 is 0. The van der Waals surface area contributed by atoms with E-state index in [1.54, 1.807) is 13.2 Å². The van der Waals surface area contributed by atoms with Gasteiger partial charge in [-0.15, -0.1) is 0 Å². The van der Waals surface area contributed by atoms with Crippen LogP contribution in [-0.4, -0.2) is 30.2 Å². The number of nitrogens with one attached hydrogen (secondary N) is 1. The first-order valence-electron chi connectivity index (χ1n) is 8.12. The molecule has 0 radical (unpaired) electrons. The highest BCUT2D eigenvalue weighted by Crippen LogP contribution is 2.36. The van der Waals surface area contributed by atoms with E-state index in [0.29, 0.717) is 18.1 Å². The summed E-state index contributed by atoms with van der Waals surface area (Å²) in [5.74, 6) is 0.829. The van der Waals surface area contributed by atoms with Crippen molar-refractivity contribution in [3.63, 3.8) is 0 Å². The third-order valence-electron chi connectivity index (χ3n) is 4.22. The summed E-state index contributed by atoms with van der Waals surface area (Å²) in [4.78, 5) is 14.2. The number of aromatic nitrogens is 1. The molecule has 0 bridgehead atoms. The van der Waals surface area contributed by atoms with Crippen molar-refractivity contribution in [2.75, 3.05) is 20.3 Å². The Morgan fingerprint density at radius 1 is 1.20 bits per heavy atom. The van der Waals surface area contributed by atoms with Gasteiger partial charge in [-0.2, -0.15) is 0 Å². The molecule has 6 nitrogen and oxygen atoms in total. The zero-order valence-electron chi connectivity index (χ0n) is 14.2. The van der Waals surface area contributed by atoms with Gasteiger partial charge in [-0.25, -0.2) is 0 Å². The van der Waals surface area contributed by atoms with Crippen molar-refractivity contribution < 1.29 is 14.4 Å². The molecule has 130 valence electrons. The number of nitrogens with zero attached hydrogens (tertiary/aromatic N) is 1. The van der Waals surface area contributed by atoms with E-state index in [2.05, 4.69) is 4.98 Å². The molecule has 0 spiro atoms. The lowest BCUT2D eigenvalue weighted by Crippen LogP contribution is -2.14. The van der Waals surface area contributed by atoms with Crippen LogP contribution in [-0.2, 0) is 0 Å². The van der Waals surface area contributed by atoms with Gasteiger partial charge in [-0.1, -0.05) is 24.3 Å². The molecular weight excluding hydrogens is 320 g/mol. The zero-order valence-corrected chi connectivity index (χ0v) is 14.2. The number of hydrogen-bond acceptors (Lipinski definition) is 4. The largest absolute Gasteiger partial charge is 0.493 e. The monoisotopic (exact) mass is 340 g/mol. The average molecular weight is 340 g/mol.